The molecule has 3 aromatic carbocycles. The van der Waals surface area contributed by atoms with E-state index in [0.29, 0.717) is 29.9 Å². The van der Waals surface area contributed by atoms with E-state index >= 15 is 0 Å². The molecule has 0 unspecified atom stereocenters. The second-order valence-electron chi connectivity index (χ2n) is 13.6. The second-order valence-corrected chi connectivity index (χ2v) is 13.6. The number of benzene rings is 3. The molecule has 2 aromatic heterocycles. The van der Waals surface area contributed by atoms with Gasteiger partial charge in [-0.1, -0.05) is 42.5 Å². The van der Waals surface area contributed by atoms with E-state index in [1.165, 1.54) is 13.3 Å². The van der Waals surface area contributed by atoms with E-state index in [1.54, 1.807) is 0 Å². The van der Waals surface area contributed by atoms with Crippen LogP contribution < -0.4 is 15.8 Å². The fourth-order valence-electron chi connectivity index (χ4n) is 7.12. The van der Waals surface area contributed by atoms with Crippen LogP contribution in [0.15, 0.2) is 85.2 Å². The Morgan fingerprint density at radius 2 is 1.50 bits per heavy atom. The van der Waals surface area contributed by atoms with Gasteiger partial charge in [-0.15, -0.1) is 5.06 Å². The summed E-state index contributed by atoms with van der Waals surface area (Å²) in [7, 11) is 2.20. The van der Waals surface area contributed by atoms with Crippen molar-refractivity contribution in [1.29, 1.82) is 0 Å². The predicted octanol–water partition coefficient (Wildman–Crippen LogP) is 5.79. The SMILES string of the molecule is CC(=O)ON(Cc1ccc(Oc2ccc(-c3nn(C4CCC(N5CCN(C)CC5)CC4)c4ncnc(N)c34)cc2)cc1)C(=O)NCc1ccccc1. The van der Waals surface area contributed by atoms with E-state index in [4.69, 9.17) is 20.4 Å². The lowest BCUT2D eigenvalue weighted by Gasteiger charge is -2.41. The van der Waals surface area contributed by atoms with Crippen molar-refractivity contribution in [1.82, 2.24) is 39.9 Å². The number of nitrogens with one attached hydrogen (secondary N) is 1. The zero-order valence-electron chi connectivity index (χ0n) is 29.6. The van der Waals surface area contributed by atoms with E-state index in [9.17, 15) is 9.59 Å². The van der Waals surface area contributed by atoms with Gasteiger partial charge in [0.2, 0.25) is 0 Å². The second kappa shape index (κ2) is 15.8. The number of fused-ring (bicyclic) bond motifs is 1. The zero-order chi connectivity index (χ0) is 36.0. The van der Waals surface area contributed by atoms with Crippen molar-refractivity contribution < 1.29 is 19.2 Å². The number of nitrogens with zero attached hydrogens (tertiary/aromatic N) is 7. The molecule has 2 fully saturated rings. The molecule has 1 saturated carbocycles. The van der Waals surface area contributed by atoms with Crippen LogP contribution in [0.2, 0.25) is 0 Å². The molecular weight excluding hydrogens is 658 g/mol. The maximum absolute atomic E-state index is 12.8. The number of aromatic nitrogens is 4. The largest absolute Gasteiger partial charge is 0.457 e. The van der Waals surface area contributed by atoms with Crippen LogP contribution in [0.4, 0.5) is 10.6 Å². The number of hydroxylamine groups is 2. The van der Waals surface area contributed by atoms with Crippen LogP contribution in [-0.4, -0.2) is 85.9 Å². The van der Waals surface area contributed by atoms with Crippen molar-refractivity contribution >= 4 is 28.9 Å². The zero-order valence-corrected chi connectivity index (χ0v) is 29.6. The van der Waals surface area contributed by atoms with Gasteiger partial charge >= 0.3 is 12.0 Å². The van der Waals surface area contributed by atoms with Gasteiger partial charge in [-0.2, -0.15) is 5.10 Å². The summed E-state index contributed by atoms with van der Waals surface area (Å²) in [4.78, 5) is 43.8. The summed E-state index contributed by atoms with van der Waals surface area (Å²) in [5, 5.41) is 9.68. The highest BCUT2D eigenvalue weighted by atomic mass is 16.7. The Balaban J connectivity index is 0.998. The first-order valence-electron chi connectivity index (χ1n) is 17.9. The van der Waals surface area contributed by atoms with Crippen molar-refractivity contribution in [3.05, 3.63) is 96.3 Å². The number of hydrogen-bond acceptors (Lipinski definition) is 10. The summed E-state index contributed by atoms with van der Waals surface area (Å²) >= 11 is 0. The first-order valence-corrected chi connectivity index (χ1v) is 17.9. The van der Waals surface area contributed by atoms with Crippen molar-refractivity contribution in [2.75, 3.05) is 39.0 Å². The molecule has 13 heteroatoms. The Bertz CT molecular complexity index is 1970. The normalized spacial score (nSPS) is 18.2. The predicted molar refractivity (Wildman–Crippen MR) is 198 cm³/mol. The summed E-state index contributed by atoms with van der Waals surface area (Å²) in [6.07, 6.45) is 5.91. The number of carbonyl (C=O) groups is 2. The quantitative estimate of drug-likeness (QED) is 0.181. The van der Waals surface area contributed by atoms with Gasteiger partial charge in [0, 0.05) is 51.3 Å². The van der Waals surface area contributed by atoms with Crippen LogP contribution in [0.3, 0.4) is 0 Å². The number of hydrogen-bond donors (Lipinski definition) is 2. The van der Waals surface area contributed by atoms with E-state index in [-0.39, 0.29) is 12.6 Å². The molecule has 7 rings (SSSR count). The average Bonchev–Trinajstić information content (AvgIpc) is 3.56. The molecule has 0 bridgehead atoms. The fraction of sp³-hybridized carbons (Fsp3) is 0.359. The van der Waals surface area contributed by atoms with Gasteiger partial charge in [0.15, 0.2) is 5.65 Å². The number of rotatable bonds is 9. The van der Waals surface area contributed by atoms with Gasteiger partial charge < -0.3 is 25.5 Å². The molecule has 0 atom stereocenters. The minimum absolute atomic E-state index is 0.0698. The number of carbonyl (C=O) groups excluding carboxylic acids is 2. The summed E-state index contributed by atoms with van der Waals surface area (Å²) in [5.41, 5.74) is 10.6. The molecule has 270 valence electrons. The Kier molecular flexibility index (Phi) is 10.6. The first kappa shape index (κ1) is 34.9. The molecule has 5 aromatic rings. The number of amides is 2. The molecular formula is C39H45N9O4. The van der Waals surface area contributed by atoms with Crippen LogP contribution >= 0.6 is 0 Å². The third-order valence-corrected chi connectivity index (χ3v) is 9.95. The Morgan fingerprint density at radius 3 is 2.17 bits per heavy atom. The monoisotopic (exact) mass is 703 g/mol. The Labute approximate surface area is 303 Å². The summed E-state index contributed by atoms with van der Waals surface area (Å²) < 4.78 is 8.22. The highest BCUT2D eigenvalue weighted by molar-refractivity contribution is 5.98. The van der Waals surface area contributed by atoms with Gasteiger partial charge in [-0.25, -0.2) is 19.4 Å². The van der Waals surface area contributed by atoms with Gasteiger partial charge in [-0.3, -0.25) is 9.69 Å². The van der Waals surface area contributed by atoms with Crippen molar-refractivity contribution in [3.8, 4) is 22.8 Å². The van der Waals surface area contributed by atoms with Crippen molar-refractivity contribution in [2.45, 2.75) is 57.8 Å². The Morgan fingerprint density at radius 1 is 0.846 bits per heavy atom. The molecule has 1 aliphatic carbocycles. The van der Waals surface area contributed by atoms with Crippen LogP contribution in [-0.2, 0) is 22.7 Å². The van der Waals surface area contributed by atoms with E-state index in [2.05, 4.69) is 36.8 Å². The molecule has 0 spiro atoms. The van der Waals surface area contributed by atoms with Crippen molar-refractivity contribution in [3.63, 3.8) is 0 Å². The molecule has 1 saturated heterocycles. The molecule has 52 heavy (non-hydrogen) atoms. The summed E-state index contributed by atoms with van der Waals surface area (Å²) in [5.74, 6) is 1.09. The maximum atomic E-state index is 12.8. The lowest BCUT2D eigenvalue weighted by Crippen LogP contribution is -2.49. The van der Waals surface area contributed by atoms with Gasteiger partial charge in [0.25, 0.3) is 0 Å². The number of urea groups is 1. The van der Waals surface area contributed by atoms with Crippen LogP contribution in [0.5, 0.6) is 11.5 Å². The summed E-state index contributed by atoms with van der Waals surface area (Å²) in [6, 6.07) is 24.9. The minimum atomic E-state index is -0.586. The van der Waals surface area contributed by atoms with Crippen molar-refractivity contribution in [2.24, 2.45) is 0 Å². The summed E-state index contributed by atoms with van der Waals surface area (Å²) in [6.45, 7) is 6.19. The number of ether oxygens (including phenoxy) is 1. The molecule has 3 heterocycles. The van der Waals surface area contributed by atoms with Gasteiger partial charge in [0.05, 0.1) is 18.0 Å². The smallest absolute Gasteiger partial charge is 0.351 e. The number of likely N-dealkylation sites (N-methyl/N-ethyl adjacent to an activating group) is 1. The van der Waals surface area contributed by atoms with Crippen LogP contribution in [0.25, 0.3) is 22.3 Å². The number of piperazine rings is 1. The third-order valence-electron chi connectivity index (χ3n) is 9.95. The van der Waals surface area contributed by atoms with Gasteiger partial charge in [0.1, 0.15) is 29.3 Å². The highest BCUT2D eigenvalue weighted by Crippen LogP contribution is 2.37. The molecule has 0 radical (unpaired) electrons. The lowest BCUT2D eigenvalue weighted by molar-refractivity contribution is -0.175. The number of anilines is 1. The molecule has 3 N–H and O–H groups in total. The third kappa shape index (κ3) is 8.16. The Hall–Kier alpha value is -5.53. The van der Waals surface area contributed by atoms with Gasteiger partial charge in [-0.05, 0) is 80.3 Å². The number of nitrogens with two attached hydrogens (primary N) is 1. The maximum Gasteiger partial charge on any atom is 0.351 e. The molecule has 1 aliphatic heterocycles. The van der Waals surface area contributed by atoms with E-state index in [0.717, 1.165) is 90.3 Å². The average molecular weight is 704 g/mol. The number of nitrogen functional groups attached to an aromatic ring is 1. The standard InChI is InChI=1S/C39H45N9O4/c1-27(49)52-47(39(50)41-24-28-6-4-3-5-7-28)25-29-8-16-33(17-9-29)51-34-18-10-30(11-19-34)36-35-37(40)42-26-43-38(35)48(44-36)32-14-12-31(13-15-32)46-22-20-45(2)21-23-46/h3-11,16-19,26,31-32H,12-15,20-25H2,1-2H3,(H,41,50)(H2,40,42,43). The topological polar surface area (TPSA) is 144 Å². The molecule has 13 nitrogen and oxygen atoms in total. The van der Waals surface area contributed by atoms with E-state index in [1.807, 2.05) is 78.9 Å². The minimum Gasteiger partial charge on any atom is -0.457 e. The highest BCUT2D eigenvalue weighted by Gasteiger charge is 2.30. The van der Waals surface area contributed by atoms with E-state index < -0.39 is 12.0 Å². The lowest BCUT2D eigenvalue weighted by atomic mass is 9.90. The van der Waals surface area contributed by atoms with Crippen LogP contribution in [0, 0.1) is 0 Å². The first-order chi connectivity index (χ1) is 25.3. The van der Waals surface area contributed by atoms with Crippen LogP contribution in [0.1, 0.15) is 49.8 Å². The molecule has 2 amide bonds. The molecule has 2 aliphatic rings. The fourth-order valence-corrected chi connectivity index (χ4v) is 7.12.